The van der Waals surface area contributed by atoms with Gasteiger partial charge in [0.25, 0.3) is 0 Å². The Balaban J connectivity index is 1.53. The highest BCUT2D eigenvalue weighted by molar-refractivity contribution is 5.88. The van der Waals surface area contributed by atoms with Crippen LogP contribution in [-0.2, 0) is 12.0 Å². The average molecular weight is 368 g/mol. The van der Waals surface area contributed by atoms with Crippen LogP contribution in [0, 0.1) is 0 Å². The maximum atomic E-state index is 12.2. The molecule has 2 aromatic heterocycles. The second-order valence-corrected chi connectivity index (χ2v) is 7.92. The van der Waals surface area contributed by atoms with Gasteiger partial charge in [-0.15, -0.1) is 0 Å². The number of piperidine rings is 1. The van der Waals surface area contributed by atoms with Crippen molar-refractivity contribution < 1.29 is 4.79 Å². The van der Waals surface area contributed by atoms with E-state index in [-0.39, 0.29) is 11.4 Å². The minimum atomic E-state index is -0.279. The van der Waals surface area contributed by atoms with Crippen LogP contribution >= 0.6 is 0 Å². The number of hydrogen-bond donors (Lipinski definition) is 2. The lowest BCUT2D eigenvalue weighted by atomic mass is 9.96. The molecule has 0 unspecified atom stereocenters. The summed E-state index contributed by atoms with van der Waals surface area (Å²) < 4.78 is 0. The van der Waals surface area contributed by atoms with E-state index >= 15 is 0 Å². The summed E-state index contributed by atoms with van der Waals surface area (Å²) in [6.45, 7) is 8.69. The molecule has 0 radical (unpaired) electrons. The van der Waals surface area contributed by atoms with Crippen LogP contribution in [0.15, 0.2) is 30.7 Å². The summed E-state index contributed by atoms with van der Waals surface area (Å²) in [6.07, 6.45) is 8.78. The fraction of sp³-hybridized carbons (Fsp3) is 0.500. The molecular weight excluding hydrogens is 340 g/mol. The Morgan fingerprint density at radius 2 is 1.81 bits per heavy atom. The van der Waals surface area contributed by atoms with Crippen molar-refractivity contribution in [2.24, 2.45) is 0 Å². The number of amides is 2. The van der Waals surface area contributed by atoms with Crippen molar-refractivity contribution in [2.45, 2.75) is 52.0 Å². The molecule has 1 aliphatic heterocycles. The molecule has 0 aliphatic carbocycles. The molecule has 3 heterocycles. The van der Waals surface area contributed by atoms with Gasteiger partial charge in [0.05, 0.1) is 18.1 Å². The first-order valence-electron chi connectivity index (χ1n) is 9.49. The number of nitrogens with one attached hydrogen (secondary N) is 2. The molecule has 144 valence electrons. The number of aromatic nitrogens is 3. The Morgan fingerprint density at radius 1 is 1.11 bits per heavy atom. The first-order valence-corrected chi connectivity index (χ1v) is 9.49. The van der Waals surface area contributed by atoms with Crippen molar-refractivity contribution in [2.75, 3.05) is 23.3 Å². The van der Waals surface area contributed by atoms with Crippen LogP contribution in [0.25, 0.3) is 0 Å². The quantitative estimate of drug-likeness (QED) is 0.863. The van der Waals surface area contributed by atoms with E-state index in [0.717, 1.165) is 30.3 Å². The summed E-state index contributed by atoms with van der Waals surface area (Å²) in [4.78, 5) is 27.6. The van der Waals surface area contributed by atoms with Crippen molar-refractivity contribution in [1.29, 1.82) is 0 Å². The molecule has 7 heteroatoms. The lowest BCUT2D eigenvalue weighted by molar-refractivity contribution is 0.251. The van der Waals surface area contributed by atoms with Crippen LogP contribution in [0.3, 0.4) is 0 Å². The summed E-state index contributed by atoms with van der Waals surface area (Å²) in [6, 6.07) is 3.69. The van der Waals surface area contributed by atoms with Crippen LogP contribution in [0.1, 0.15) is 51.4 Å². The SMILES string of the molecule is CC(C)(C)c1ncc(NC(=O)NCc2ccnc(N3CCCCC3)c2)cn1. The predicted molar refractivity (Wildman–Crippen MR) is 107 cm³/mol. The van der Waals surface area contributed by atoms with Gasteiger partial charge in [-0.1, -0.05) is 20.8 Å². The van der Waals surface area contributed by atoms with E-state index in [9.17, 15) is 4.79 Å². The number of carbonyl (C=O) groups excluding carboxylic acids is 1. The molecule has 1 aliphatic rings. The lowest BCUT2D eigenvalue weighted by Crippen LogP contribution is -2.31. The second kappa shape index (κ2) is 8.33. The Labute approximate surface area is 160 Å². The fourth-order valence-electron chi connectivity index (χ4n) is 3.00. The number of nitrogens with zero attached hydrogens (tertiary/aromatic N) is 4. The third kappa shape index (κ3) is 5.39. The van der Waals surface area contributed by atoms with Crippen LogP contribution in [0.5, 0.6) is 0 Å². The Bertz CT molecular complexity index is 763. The van der Waals surface area contributed by atoms with Gasteiger partial charge in [-0.2, -0.15) is 0 Å². The van der Waals surface area contributed by atoms with Gasteiger partial charge in [0.1, 0.15) is 11.6 Å². The molecule has 27 heavy (non-hydrogen) atoms. The lowest BCUT2D eigenvalue weighted by Gasteiger charge is -2.27. The molecule has 3 rings (SSSR count). The third-order valence-corrected chi connectivity index (χ3v) is 4.52. The highest BCUT2D eigenvalue weighted by atomic mass is 16.2. The maximum absolute atomic E-state index is 12.2. The van der Waals surface area contributed by atoms with Crippen molar-refractivity contribution in [3.05, 3.63) is 42.1 Å². The third-order valence-electron chi connectivity index (χ3n) is 4.52. The average Bonchev–Trinajstić information content (AvgIpc) is 2.67. The zero-order valence-corrected chi connectivity index (χ0v) is 16.3. The Hall–Kier alpha value is -2.70. The van der Waals surface area contributed by atoms with E-state index in [1.165, 1.54) is 19.3 Å². The van der Waals surface area contributed by atoms with Gasteiger partial charge in [-0.3, -0.25) is 0 Å². The first-order chi connectivity index (χ1) is 12.9. The molecular formula is C20H28N6O. The molecule has 1 saturated heterocycles. The monoisotopic (exact) mass is 368 g/mol. The molecule has 2 N–H and O–H groups in total. The van der Waals surface area contributed by atoms with E-state index < -0.39 is 0 Å². The number of urea groups is 1. The van der Waals surface area contributed by atoms with E-state index in [1.807, 2.05) is 12.1 Å². The molecule has 0 saturated carbocycles. The molecule has 2 aromatic rings. The molecule has 7 nitrogen and oxygen atoms in total. The number of carbonyl (C=O) groups is 1. The number of pyridine rings is 1. The molecule has 0 bridgehead atoms. The van der Waals surface area contributed by atoms with Crippen LogP contribution < -0.4 is 15.5 Å². The summed E-state index contributed by atoms with van der Waals surface area (Å²) >= 11 is 0. The van der Waals surface area contributed by atoms with Crippen molar-refractivity contribution >= 4 is 17.5 Å². The maximum Gasteiger partial charge on any atom is 0.319 e. The molecule has 0 spiro atoms. The Kier molecular flexibility index (Phi) is 5.88. The Morgan fingerprint density at radius 3 is 2.48 bits per heavy atom. The van der Waals surface area contributed by atoms with Crippen LogP contribution in [0.2, 0.25) is 0 Å². The van der Waals surface area contributed by atoms with Gasteiger partial charge >= 0.3 is 6.03 Å². The second-order valence-electron chi connectivity index (χ2n) is 7.92. The predicted octanol–water partition coefficient (Wildman–Crippen LogP) is 3.48. The topological polar surface area (TPSA) is 83.0 Å². The minimum absolute atomic E-state index is 0.117. The first kappa shape index (κ1) is 19.1. The largest absolute Gasteiger partial charge is 0.357 e. The van der Waals surface area contributed by atoms with Gasteiger partial charge in [0, 0.05) is 31.2 Å². The summed E-state index contributed by atoms with van der Waals surface area (Å²) in [5.74, 6) is 1.73. The van der Waals surface area contributed by atoms with Crippen molar-refractivity contribution in [3.8, 4) is 0 Å². The summed E-state index contributed by atoms with van der Waals surface area (Å²) in [7, 11) is 0. The highest BCUT2D eigenvalue weighted by Crippen LogP contribution is 2.19. The fourth-order valence-corrected chi connectivity index (χ4v) is 3.00. The smallest absolute Gasteiger partial charge is 0.319 e. The molecule has 0 atom stereocenters. The molecule has 1 fully saturated rings. The van der Waals surface area contributed by atoms with Gasteiger partial charge < -0.3 is 15.5 Å². The number of anilines is 2. The van der Waals surface area contributed by atoms with Crippen molar-refractivity contribution in [3.63, 3.8) is 0 Å². The van der Waals surface area contributed by atoms with Gasteiger partial charge in [0.15, 0.2) is 0 Å². The standard InChI is InChI=1S/C20H28N6O/c1-20(2,3)18-22-13-16(14-23-18)25-19(27)24-12-15-7-8-21-17(11-15)26-9-5-4-6-10-26/h7-8,11,13-14H,4-6,9-10,12H2,1-3H3,(H2,24,25,27). The molecule has 2 amide bonds. The van der Waals surface area contributed by atoms with Gasteiger partial charge in [0.2, 0.25) is 0 Å². The van der Waals surface area contributed by atoms with Crippen molar-refractivity contribution in [1.82, 2.24) is 20.3 Å². The normalized spacial score (nSPS) is 14.7. The van der Waals surface area contributed by atoms with E-state index in [2.05, 4.69) is 51.3 Å². The van der Waals surface area contributed by atoms with Crippen LogP contribution in [-0.4, -0.2) is 34.1 Å². The van der Waals surface area contributed by atoms with Gasteiger partial charge in [-0.05, 0) is 37.0 Å². The van der Waals surface area contributed by atoms with Gasteiger partial charge in [-0.25, -0.2) is 19.7 Å². The highest BCUT2D eigenvalue weighted by Gasteiger charge is 2.17. The zero-order valence-electron chi connectivity index (χ0n) is 16.3. The molecule has 0 aromatic carbocycles. The summed E-state index contributed by atoms with van der Waals surface area (Å²) in [5.41, 5.74) is 1.48. The number of hydrogen-bond acceptors (Lipinski definition) is 5. The van der Waals surface area contributed by atoms with E-state index in [4.69, 9.17) is 0 Å². The summed E-state index contributed by atoms with van der Waals surface area (Å²) in [5, 5.41) is 5.64. The number of rotatable bonds is 4. The zero-order chi connectivity index (χ0) is 19.3. The van der Waals surface area contributed by atoms with E-state index in [0.29, 0.717) is 12.2 Å². The van der Waals surface area contributed by atoms with E-state index in [1.54, 1.807) is 18.6 Å². The minimum Gasteiger partial charge on any atom is -0.357 e. The van der Waals surface area contributed by atoms with Crippen LogP contribution in [0.4, 0.5) is 16.3 Å².